The summed E-state index contributed by atoms with van der Waals surface area (Å²) in [6.07, 6.45) is 1.63. The lowest BCUT2D eigenvalue weighted by Gasteiger charge is -2.35. The number of amides is 2. The van der Waals surface area contributed by atoms with Crippen LogP contribution in [0.4, 0.5) is 20.6 Å². The standard InChI is InChI=1S/C26H36FN5O2/c1-19-17-31(15-12-28-19)18-20-4-7-23(8-5-20)30(2)26(33)32-13-10-21(11-14-32)29-22-6-9-25(34-3)24(27)16-22/h4-9,16,19,21,28-29H,10-15,17-18H2,1-3H3/t19-/m0/s1. The highest BCUT2D eigenvalue weighted by Gasteiger charge is 2.26. The van der Waals surface area contributed by atoms with Crippen LogP contribution in [0.1, 0.15) is 25.3 Å². The third-order valence-corrected chi connectivity index (χ3v) is 6.76. The topological polar surface area (TPSA) is 60.1 Å². The van der Waals surface area contributed by atoms with E-state index in [4.69, 9.17) is 4.74 Å². The molecule has 2 saturated heterocycles. The Bertz CT molecular complexity index is 962. The van der Waals surface area contributed by atoms with E-state index in [0.29, 0.717) is 19.1 Å². The van der Waals surface area contributed by atoms with Gasteiger partial charge in [0.05, 0.1) is 7.11 Å². The van der Waals surface area contributed by atoms with Crippen LogP contribution in [0.3, 0.4) is 0 Å². The summed E-state index contributed by atoms with van der Waals surface area (Å²) in [5.74, 6) is -0.143. The minimum absolute atomic E-state index is 0.0117. The normalized spacial score (nSPS) is 19.6. The first-order chi connectivity index (χ1) is 16.4. The van der Waals surface area contributed by atoms with Gasteiger partial charge < -0.3 is 20.3 Å². The first-order valence-electron chi connectivity index (χ1n) is 12.1. The molecule has 7 nitrogen and oxygen atoms in total. The van der Waals surface area contributed by atoms with Crippen molar-refractivity contribution in [1.29, 1.82) is 0 Å². The van der Waals surface area contributed by atoms with Crippen LogP contribution in [0, 0.1) is 5.82 Å². The van der Waals surface area contributed by atoms with Gasteiger partial charge in [-0.3, -0.25) is 9.80 Å². The number of rotatable bonds is 6. The zero-order chi connectivity index (χ0) is 24.1. The number of anilines is 2. The lowest BCUT2D eigenvalue weighted by molar-refractivity contribution is 0.191. The highest BCUT2D eigenvalue weighted by atomic mass is 19.1. The zero-order valence-electron chi connectivity index (χ0n) is 20.4. The SMILES string of the molecule is COc1ccc(NC2CCN(C(=O)N(C)c3ccc(CN4CCN[C@@H](C)C4)cc3)CC2)cc1F. The Balaban J connectivity index is 1.26. The van der Waals surface area contributed by atoms with E-state index in [-0.39, 0.29) is 23.6 Å². The van der Waals surface area contributed by atoms with E-state index >= 15 is 0 Å². The molecule has 0 aliphatic carbocycles. The molecule has 2 N–H and O–H groups in total. The molecule has 0 bridgehead atoms. The van der Waals surface area contributed by atoms with Crippen LogP contribution in [0.2, 0.25) is 0 Å². The molecule has 2 fully saturated rings. The molecular weight excluding hydrogens is 433 g/mol. The van der Waals surface area contributed by atoms with Crippen LogP contribution in [0.5, 0.6) is 5.75 Å². The summed E-state index contributed by atoms with van der Waals surface area (Å²) < 4.78 is 18.9. The molecule has 2 aromatic rings. The molecule has 2 amide bonds. The monoisotopic (exact) mass is 469 g/mol. The number of piperazine rings is 1. The summed E-state index contributed by atoms with van der Waals surface area (Å²) in [7, 11) is 3.29. The van der Waals surface area contributed by atoms with Crippen LogP contribution in [0.25, 0.3) is 0 Å². The molecule has 184 valence electrons. The summed E-state index contributed by atoms with van der Waals surface area (Å²) in [6, 6.07) is 13.9. The molecule has 2 heterocycles. The van der Waals surface area contributed by atoms with Crippen molar-refractivity contribution in [3.8, 4) is 5.75 Å². The molecule has 2 aromatic carbocycles. The van der Waals surface area contributed by atoms with E-state index in [1.807, 2.05) is 30.1 Å². The van der Waals surface area contributed by atoms with Crippen molar-refractivity contribution in [1.82, 2.24) is 15.1 Å². The van der Waals surface area contributed by atoms with Gasteiger partial charge in [-0.05, 0) is 49.6 Å². The van der Waals surface area contributed by atoms with Gasteiger partial charge in [0.1, 0.15) is 0 Å². The number of halogens is 1. The van der Waals surface area contributed by atoms with Crippen LogP contribution in [0.15, 0.2) is 42.5 Å². The number of methoxy groups -OCH3 is 1. The van der Waals surface area contributed by atoms with Crippen molar-refractivity contribution in [2.45, 2.75) is 38.4 Å². The van der Waals surface area contributed by atoms with Crippen LogP contribution in [-0.4, -0.2) is 74.8 Å². The van der Waals surface area contributed by atoms with E-state index in [2.05, 4.69) is 34.6 Å². The van der Waals surface area contributed by atoms with Crippen molar-refractivity contribution in [2.75, 3.05) is 57.1 Å². The maximum Gasteiger partial charge on any atom is 0.324 e. The fraction of sp³-hybridized carbons (Fsp3) is 0.500. The number of likely N-dealkylation sites (tertiary alicyclic amines) is 1. The van der Waals surface area contributed by atoms with E-state index in [1.165, 1.54) is 18.7 Å². The quantitative estimate of drug-likeness (QED) is 0.675. The van der Waals surface area contributed by atoms with Crippen LogP contribution < -0.4 is 20.3 Å². The smallest absolute Gasteiger partial charge is 0.324 e. The number of ether oxygens (including phenoxy) is 1. The molecule has 34 heavy (non-hydrogen) atoms. The number of carbonyl (C=O) groups is 1. The molecule has 0 unspecified atom stereocenters. The van der Waals surface area contributed by atoms with Crippen molar-refractivity contribution in [3.05, 3.63) is 53.8 Å². The second-order valence-corrected chi connectivity index (χ2v) is 9.35. The lowest BCUT2D eigenvalue weighted by Crippen LogP contribution is -2.48. The van der Waals surface area contributed by atoms with Gasteiger partial charge in [-0.25, -0.2) is 9.18 Å². The Morgan fingerprint density at radius 3 is 2.56 bits per heavy atom. The predicted octanol–water partition coefficient (Wildman–Crippen LogP) is 3.76. The Hall–Kier alpha value is -2.84. The van der Waals surface area contributed by atoms with Crippen molar-refractivity contribution < 1.29 is 13.9 Å². The number of urea groups is 1. The van der Waals surface area contributed by atoms with Gasteiger partial charge in [-0.15, -0.1) is 0 Å². The van der Waals surface area contributed by atoms with E-state index < -0.39 is 0 Å². The summed E-state index contributed by atoms with van der Waals surface area (Å²) in [4.78, 5) is 19.1. The van der Waals surface area contributed by atoms with Gasteiger partial charge >= 0.3 is 6.03 Å². The van der Waals surface area contributed by atoms with Crippen molar-refractivity contribution in [2.24, 2.45) is 0 Å². The molecule has 2 aliphatic rings. The van der Waals surface area contributed by atoms with Gasteiger partial charge in [0, 0.05) is 75.8 Å². The van der Waals surface area contributed by atoms with Gasteiger partial charge in [0.25, 0.3) is 0 Å². The van der Waals surface area contributed by atoms with Crippen LogP contribution in [-0.2, 0) is 6.54 Å². The second-order valence-electron chi connectivity index (χ2n) is 9.35. The fourth-order valence-electron chi connectivity index (χ4n) is 4.77. The number of nitrogens with one attached hydrogen (secondary N) is 2. The summed E-state index contributed by atoms with van der Waals surface area (Å²) >= 11 is 0. The molecular formula is C26H36FN5O2. The molecule has 1 atom stereocenters. The maximum absolute atomic E-state index is 14.0. The highest BCUT2D eigenvalue weighted by Crippen LogP contribution is 2.24. The van der Waals surface area contributed by atoms with Crippen LogP contribution >= 0.6 is 0 Å². The minimum atomic E-state index is -0.379. The molecule has 0 saturated carbocycles. The van der Waals surface area contributed by atoms with E-state index in [1.54, 1.807) is 11.0 Å². The number of hydrogen-bond acceptors (Lipinski definition) is 5. The minimum Gasteiger partial charge on any atom is -0.494 e. The number of carbonyl (C=O) groups excluding carboxylic acids is 1. The third-order valence-electron chi connectivity index (χ3n) is 6.76. The average Bonchev–Trinajstić information content (AvgIpc) is 2.84. The second kappa shape index (κ2) is 11.1. The molecule has 8 heteroatoms. The average molecular weight is 470 g/mol. The molecule has 0 spiro atoms. The maximum atomic E-state index is 14.0. The number of nitrogens with zero attached hydrogens (tertiary/aromatic N) is 3. The number of benzene rings is 2. The first-order valence-corrected chi connectivity index (χ1v) is 12.1. The van der Waals surface area contributed by atoms with Gasteiger partial charge in [0.15, 0.2) is 11.6 Å². The molecule has 0 aromatic heterocycles. The highest BCUT2D eigenvalue weighted by molar-refractivity contribution is 5.91. The predicted molar refractivity (Wildman–Crippen MR) is 134 cm³/mol. The Kier molecular flexibility index (Phi) is 7.90. The first kappa shape index (κ1) is 24.3. The summed E-state index contributed by atoms with van der Waals surface area (Å²) in [5, 5.41) is 6.85. The lowest BCUT2D eigenvalue weighted by atomic mass is 10.0. The Morgan fingerprint density at radius 1 is 1.18 bits per heavy atom. The fourth-order valence-corrected chi connectivity index (χ4v) is 4.77. The molecule has 2 aliphatic heterocycles. The van der Waals surface area contributed by atoms with E-state index in [9.17, 15) is 9.18 Å². The Labute approximate surface area is 201 Å². The van der Waals surface area contributed by atoms with Gasteiger partial charge in [0.2, 0.25) is 0 Å². The van der Waals surface area contributed by atoms with Gasteiger partial charge in [-0.1, -0.05) is 12.1 Å². The molecule has 0 radical (unpaired) electrons. The van der Waals surface area contributed by atoms with E-state index in [0.717, 1.165) is 50.4 Å². The van der Waals surface area contributed by atoms with Crippen molar-refractivity contribution >= 4 is 17.4 Å². The zero-order valence-corrected chi connectivity index (χ0v) is 20.4. The Morgan fingerprint density at radius 2 is 1.91 bits per heavy atom. The number of hydrogen-bond donors (Lipinski definition) is 2. The van der Waals surface area contributed by atoms with Crippen molar-refractivity contribution in [3.63, 3.8) is 0 Å². The largest absolute Gasteiger partial charge is 0.494 e. The molecule has 4 rings (SSSR count). The summed E-state index contributed by atoms with van der Waals surface area (Å²) in [6.45, 7) is 7.62. The third kappa shape index (κ3) is 5.98. The van der Waals surface area contributed by atoms with Gasteiger partial charge in [-0.2, -0.15) is 0 Å². The summed E-state index contributed by atoms with van der Waals surface area (Å²) in [5.41, 5.74) is 2.90. The number of piperidine rings is 1.